The van der Waals surface area contributed by atoms with Gasteiger partial charge in [0.25, 0.3) is 0 Å². The number of nitrogens with zero attached hydrogens (tertiary/aromatic N) is 3. The average Bonchev–Trinajstić information content (AvgIpc) is 3.50. The van der Waals surface area contributed by atoms with E-state index in [9.17, 15) is 14.4 Å². The van der Waals surface area contributed by atoms with Crippen LogP contribution in [0.4, 0.5) is 0 Å². The van der Waals surface area contributed by atoms with E-state index in [1.165, 1.54) is 43.3 Å². The molecular formula is C35H33N3O8. The molecule has 0 radical (unpaired) electrons. The number of hydrogen-bond acceptors (Lipinski definition) is 9. The van der Waals surface area contributed by atoms with E-state index in [1.807, 2.05) is 13.0 Å². The second kappa shape index (κ2) is 17.8. The highest BCUT2D eigenvalue weighted by Gasteiger charge is 2.14. The Kier molecular flexibility index (Phi) is 13.3. The van der Waals surface area contributed by atoms with Crippen LogP contribution in [0.5, 0.6) is 23.0 Å². The van der Waals surface area contributed by atoms with E-state index in [1.54, 1.807) is 66.8 Å². The Morgan fingerprint density at radius 1 is 0.891 bits per heavy atom. The molecule has 0 amide bonds. The quantitative estimate of drug-likeness (QED) is 0.0727. The summed E-state index contributed by atoms with van der Waals surface area (Å²) < 4.78 is 23.2. The van der Waals surface area contributed by atoms with Crippen molar-refractivity contribution in [1.29, 1.82) is 0 Å². The summed E-state index contributed by atoms with van der Waals surface area (Å²) in [4.78, 5) is 37.2. The number of allylic oxidation sites excluding steroid dienone is 8. The van der Waals surface area contributed by atoms with Gasteiger partial charge in [0.05, 0.1) is 26.0 Å². The molecule has 0 bridgehead atoms. The second-order valence-electron chi connectivity index (χ2n) is 9.29. The lowest BCUT2D eigenvalue weighted by atomic mass is 10.0. The molecule has 0 fully saturated rings. The van der Waals surface area contributed by atoms with Gasteiger partial charge in [-0.3, -0.25) is 14.4 Å². The van der Waals surface area contributed by atoms with Gasteiger partial charge in [0, 0.05) is 0 Å². The zero-order chi connectivity index (χ0) is 33.3. The molecular weight excluding hydrogens is 590 g/mol. The molecule has 0 saturated heterocycles. The summed E-state index contributed by atoms with van der Waals surface area (Å²) in [5.41, 5.74) is 1.67. The maximum absolute atomic E-state index is 13.2. The lowest BCUT2D eigenvalue weighted by Crippen LogP contribution is -2.09. The van der Waals surface area contributed by atoms with E-state index in [0.29, 0.717) is 39.8 Å². The minimum Gasteiger partial charge on any atom is -0.493 e. The summed E-state index contributed by atoms with van der Waals surface area (Å²) in [5.74, 6) is 2.08. The SMILES string of the molecule is C#CCOc1ccc(C=CC(=O)C(=CC=CC=CC)C(=O)C=Cc2ccc(OCc3cn(CC(=O)O)nn3)c(OC)c2)cc1OC. The molecule has 0 aliphatic rings. The number of ether oxygens (including phenoxy) is 4. The van der Waals surface area contributed by atoms with Crippen molar-refractivity contribution in [1.82, 2.24) is 15.0 Å². The second-order valence-corrected chi connectivity index (χ2v) is 9.29. The minimum atomic E-state index is -1.04. The van der Waals surface area contributed by atoms with Gasteiger partial charge in [-0.05, 0) is 60.5 Å². The maximum atomic E-state index is 13.2. The topological polar surface area (TPSA) is 139 Å². The Morgan fingerprint density at radius 3 is 2.04 bits per heavy atom. The molecule has 0 saturated carbocycles. The van der Waals surface area contributed by atoms with Crippen molar-refractivity contribution in [2.75, 3.05) is 20.8 Å². The summed E-state index contributed by atoms with van der Waals surface area (Å²) in [6, 6.07) is 10.1. The van der Waals surface area contributed by atoms with Gasteiger partial charge in [0.1, 0.15) is 25.5 Å². The van der Waals surface area contributed by atoms with Crippen molar-refractivity contribution in [3.63, 3.8) is 0 Å². The third-order valence-corrected chi connectivity index (χ3v) is 6.01. The van der Waals surface area contributed by atoms with E-state index in [0.717, 1.165) is 0 Å². The van der Waals surface area contributed by atoms with Crippen LogP contribution in [0.1, 0.15) is 23.7 Å². The van der Waals surface area contributed by atoms with Crippen molar-refractivity contribution in [2.45, 2.75) is 20.1 Å². The van der Waals surface area contributed by atoms with E-state index in [4.69, 9.17) is 30.5 Å². The van der Waals surface area contributed by atoms with Crippen molar-refractivity contribution >= 4 is 29.7 Å². The van der Waals surface area contributed by atoms with Crippen LogP contribution in [0, 0.1) is 12.3 Å². The number of terminal acetylenes is 1. The molecule has 3 rings (SSSR count). The van der Waals surface area contributed by atoms with E-state index in [2.05, 4.69) is 16.2 Å². The normalized spacial score (nSPS) is 11.7. The predicted octanol–water partition coefficient (Wildman–Crippen LogP) is 4.89. The summed E-state index contributed by atoms with van der Waals surface area (Å²) in [5, 5.41) is 16.5. The van der Waals surface area contributed by atoms with Gasteiger partial charge in [0.2, 0.25) is 0 Å². The van der Waals surface area contributed by atoms with Crippen LogP contribution in [0.15, 0.2) is 90.7 Å². The zero-order valence-corrected chi connectivity index (χ0v) is 25.6. The molecule has 46 heavy (non-hydrogen) atoms. The Balaban J connectivity index is 1.75. The van der Waals surface area contributed by atoms with Crippen molar-refractivity contribution in [3.05, 3.63) is 108 Å². The number of carbonyl (C=O) groups is 3. The molecule has 0 aliphatic carbocycles. The first-order valence-electron chi connectivity index (χ1n) is 13.9. The molecule has 0 atom stereocenters. The molecule has 0 unspecified atom stereocenters. The molecule has 0 spiro atoms. The Labute approximate surface area is 266 Å². The molecule has 0 aliphatic heterocycles. The summed E-state index contributed by atoms with van der Waals surface area (Å²) >= 11 is 0. The predicted molar refractivity (Wildman–Crippen MR) is 172 cm³/mol. The largest absolute Gasteiger partial charge is 0.493 e. The summed E-state index contributed by atoms with van der Waals surface area (Å²) in [7, 11) is 2.97. The van der Waals surface area contributed by atoms with Crippen molar-refractivity contribution < 1.29 is 38.4 Å². The smallest absolute Gasteiger partial charge is 0.325 e. The van der Waals surface area contributed by atoms with Crippen LogP contribution in [-0.4, -0.2) is 58.5 Å². The monoisotopic (exact) mass is 623 g/mol. The third-order valence-electron chi connectivity index (χ3n) is 6.01. The third kappa shape index (κ3) is 10.5. The van der Waals surface area contributed by atoms with Crippen molar-refractivity contribution in [3.8, 4) is 35.3 Å². The summed E-state index contributed by atoms with van der Waals surface area (Å²) in [6.45, 7) is 1.66. The molecule has 11 nitrogen and oxygen atoms in total. The van der Waals surface area contributed by atoms with Gasteiger partial charge < -0.3 is 24.1 Å². The molecule has 1 heterocycles. The van der Waals surface area contributed by atoms with Gasteiger partial charge in [-0.1, -0.05) is 59.7 Å². The van der Waals surface area contributed by atoms with Crippen LogP contribution in [0.3, 0.4) is 0 Å². The minimum absolute atomic E-state index is 0.0324. The average molecular weight is 624 g/mol. The molecule has 2 aromatic carbocycles. The standard InChI is InChI=1S/C35H33N3O8/c1-5-7-8-9-10-28(29(39)15-11-25-13-17-31(45-19-6-2)33(20-25)43-3)30(40)16-12-26-14-18-32(34(21-26)44-4)46-24-27-22-38(37-36-27)23-35(41)42/h2,5,7-18,20-22H,19,23-24H2,1,3-4H3,(H,41,42). The van der Waals surface area contributed by atoms with Gasteiger partial charge in [-0.25, -0.2) is 4.68 Å². The number of hydrogen-bond donors (Lipinski definition) is 1. The first-order valence-corrected chi connectivity index (χ1v) is 13.9. The van der Waals surface area contributed by atoms with Gasteiger partial charge >= 0.3 is 5.97 Å². The zero-order valence-electron chi connectivity index (χ0n) is 25.6. The van der Waals surface area contributed by atoms with Crippen LogP contribution in [-0.2, 0) is 27.5 Å². The highest BCUT2D eigenvalue weighted by Crippen LogP contribution is 2.30. The Bertz CT molecular complexity index is 1740. The van der Waals surface area contributed by atoms with Gasteiger partial charge in [-0.15, -0.1) is 11.5 Å². The van der Waals surface area contributed by atoms with Crippen LogP contribution < -0.4 is 18.9 Å². The number of carboxylic acids is 1. The van der Waals surface area contributed by atoms with E-state index < -0.39 is 17.5 Å². The van der Waals surface area contributed by atoms with Gasteiger partial charge in [-0.2, -0.15) is 0 Å². The first-order chi connectivity index (χ1) is 22.3. The van der Waals surface area contributed by atoms with E-state index in [-0.39, 0.29) is 25.3 Å². The first kappa shape index (κ1) is 34.3. The Morgan fingerprint density at radius 2 is 1.50 bits per heavy atom. The van der Waals surface area contributed by atoms with Crippen molar-refractivity contribution in [2.24, 2.45) is 0 Å². The number of aromatic nitrogens is 3. The fourth-order valence-electron chi connectivity index (χ4n) is 3.84. The lowest BCUT2D eigenvalue weighted by molar-refractivity contribution is -0.138. The highest BCUT2D eigenvalue weighted by molar-refractivity contribution is 6.28. The number of aliphatic carboxylic acids is 1. The number of methoxy groups -OCH3 is 2. The van der Waals surface area contributed by atoms with Crippen LogP contribution >= 0.6 is 0 Å². The maximum Gasteiger partial charge on any atom is 0.325 e. The molecule has 1 N–H and O–H groups in total. The number of carbonyl (C=O) groups excluding carboxylic acids is 2. The number of benzene rings is 2. The fraction of sp³-hybridized carbons (Fsp3) is 0.171. The number of ketones is 2. The van der Waals surface area contributed by atoms with Gasteiger partial charge in [0.15, 0.2) is 34.6 Å². The molecule has 3 aromatic rings. The van der Waals surface area contributed by atoms with Crippen LogP contribution in [0.2, 0.25) is 0 Å². The molecule has 1 aromatic heterocycles. The van der Waals surface area contributed by atoms with Crippen LogP contribution in [0.25, 0.3) is 12.2 Å². The number of rotatable bonds is 17. The highest BCUT2D eigenvalue weighted by atomic mass is 16.5. The number of carboxylic acid groups (broad SMARTS) is 1. The fourth-order valence-corrected chi connectivity index (χ4v) is 3.84. The summed E-state index contributed by atoms with van der Waals surface area (Å²) in [6.07, 6.45) is 20.9. The Hall–Kier alpha value is -6.15. The van der Waals surface area contributed by atoms with E-state index >= 15 is 0 Å². The lowest BCUT2D eigenvalue weighted by Gasteiger charge is -2.10. The molecule has 11 heteroatoms. The molecule has 236 valence electrons.